The summed E-state index contributed by atoms with van der Waals surface area (Å²) in [7, 11) is 0. The number of halogens is 1. The van der Waals surface area contributed by atoms with Gasteiger partial charge >= 0.3 is 0 Å². The fraction of sp³-hybridized carbons (Fsp3) is 0.188. The van der Waals surface area contributed by atoms with Crippen LogP contribution in [0.4, 0.5) is 4.39 Å². The first kappa shape index (κ1) is 13.4. The third-order valence-corrected chi connectivity index (χ3v) is 3.06. The lowest BCUT2D eigenvalue weighted by Gasteiger charge is -2.11. The molecule has 0 aliphatic carbocycles. The van der Waals surface area contributed by atoms with Gasteiger partial charge in [-0.05, 0) is 31.0 Å². The Balaban J connectivity index is 2.30. The molecule has 0 radical (unpaired) electrons. The van der Waals surface area contributed by atoms with Crippen molar-refractivity contribution in [2.75, 3.05) is 0 Å². The Labute approximate surface area is 111 Å². The largest absolute Gasteiger partial charge is 0.380 e. The molecule has 1 N–H and O–H groups in total. The SMILES string of the molecule is Cc1cccc(C(O)C(=O)c2ccc(C)c(F)c2)c1. The van der Waals surface area contributed by atoms with Gasteiger partial charge in [-0.3, -0.25) is 4.79 Å². The molecule has 0 spiro atoms. The van der Waals surface area contributed by atoms with Crippen LogP contribution in [-0.2, 0) is 0 Å². The molecule has 2 rings (SSSR count). The van der Waals surface area contributed by atoms with Gasteiger partial charge in [-0.1, -0.05) is 42.0 Å². The van der Waals surface area contributed by atoms with Gasteiger partial charge < -0.3 is 5.11 Å². The lowest BCUT2D eigenvalue weighted by molar-refractivity contribution is 0.0747. The molecule has 0 aliphatic rings. The van der Waals surface area contributed by atoms with Crippen LogP contribution in [0.15, 0.2) is 42.5 Å². The minimum atomic E-state index is -1.26. The highest BCUT2D eigenvalue weighted by Crippen LogP contribution is 2.20. The van der Waals surface area contributed by atoms with E-state index in [-0.39, 0.29) is 5.56 Å². The molecule has 0 saturated carbocycles. The Kier molecular flexibility index (Phi) is 3.76. The van der Waals surface area contributed by atoms with Gasteiger partial charge in [0.25, 0.3) is 0 Å². The number of rotatable bonds is 3. The van der Waals surface area contributed by atoms with E-state index in [2.05, 4.69) is 0 Å². The van der Waals surface area contributed by atoms with Crippen LogP contribution in [0.3, 0.4) is 0 Å². The first-order valence-electron chi connectivity index (χ1n) is 6.04. The zero-order chi connectivity index (χ0) is 14.0. The van der Waals surface area contributed by atoms with Gasteiger partial charge in [0.15, 0.2) is 5.78 Å². The number of aliphatic hydroxyl groups excluding tert-OH is 1. The Morgan fingerprint density at radius 3 is 2.53 bits per heavy atom. The zero-order valence-electron chi connectivity index (χ0n) is 10.9. The van der Waals surface area contributed by atoms with E-state index in [1.165, 1.54) is 12.1 Å². The molecular formula is C16H15FO2. The maximum atomic E-state index is 13.4. The van der Waals surface area contributed by atoms with E-state index < -0.39 is 17.7 Å². The summed E-state index contributed by atoms with van der Waals surface area (Å²) in [5, 5.41) is 10.1. The van der Waals surface area contributed by atoms with Crippen LogP contribution in [0, 0.1) is 19.7 Å². The summed E-state index contributed by atoms with van der Waals surface area (Å²) < 4.78 is 13.4. The molecule has 2 aromatic carbocycles. The molecule has 0 saturated heterocycles. The number of aliphatic hydroxyl groups is 1. The summed E-state index contributed by atoms with van der Waals surface area (Å²) >= 11 is 0. The maximum Gasteiger partial charge on any atom is 0.195 e. The minimum absolute atomic E-state index is 0.178. The highest BCUT2D eigenvalue weighted by atomic mass is 19.1. The van der Waals surface area contributed by atoms with Crippen LogP contribution >= 0.6 is 0 Å². The molecule has 0 aliphatic heterocycles. The second-order valence-electron chi connectivity index (χ2n) is 4.64. The molecule has 98 valence electrons. The predicted molar refractivity (Wildman–Crippen MR) is 71.6 cm³/mol. The number of benzene rings is 2. The van der Waals surface area contributed by atoms with Crippen molar-refractivity contribution < 1.29 is 14.3 Å². The first-order valence-corrected chi connectivity index (χ1v) is 6.04. The third-order valence-electron chi connectivity index (χ3n) is 3.06. The summed E-state index contributed by atoms with van der Waals surface area (Å²) in [6.45, 7) is 3.51. The fourth-order valence-electron chi connectivity index (χ4n) is 1.90. The van der Waals surface area contributed by atoms with E-state index in [4.69, 9.17) is 0 Å². The number of hydrogen-bond donors (Lipinski definition) is 1. The molecule has 0 amide bonds. The first-order chi connectivity index (χ1) is 8.99. The lowest BCUT2D eigenvalue weighted by atomic mass is 9.98. The molecule has 2 aromatic rings. The van der Waals surface area contributed by atoms with Crippen LogP contribution in [0.1, 0.15) is 33.2 Å². The summed E-state index contributed by atoms with van der Waals surface area (Å²) in [4.78, 5) is 12.1. The van der Waals surface area contributed by atoms with Crippen LogP contribution in [0.2, 0.25) is 0 Å². The third kappa shape index (κ3) is 2.88. The number of aryl methyl sites for hydroxylation is 2. The standard InChI is InChI=1S/C16H15FO2/c1-10-4-3-5-12(8-10)15(18)16(19)13-7-6-11(2)14(17)9-13/h3-9,15,18H,1-2H3. The van der Waals surface area contributed by atoms with Crippen LogP contribution in [0.5, 0.6) is 0 Å². The molecule has 19 heavy (non-hydrogen) atoms. The Bertz CT molecular complexity index is 620. The van der Waals surface area contributed by atoms with Gasteiger partial charge in [-0.2, -0.15) is 0 Å². The summed E-state index contributed by atoms with van der Waals surface area (Å²) in [6, 6.07) is 11.3. The summed E-state index contributed by atoms with van der Waals surface area (Å²) in [5.74, 6) is -0.938. The molecule has 0 fully saturated rings. The highest BCUT2D eigenvalue weighted by Gasteiger charge is 2.19. The van der Waals surface area contributed by atoms with Crippen molar-refractivity contribution in [1.29, 1.82) is 0 Å². The maximum absolute atomic E-state index is 13.4. The van der Waals surface area contributed by atoms with Crippen molar-refractivity contribution in [2.24, 2.45) is 0 Å². The van der Waals surface area contributed by atoms with Crippen molar-refractivity contribution in [3.8, 4) is 0 Å². The smallest absolute Gasteiger partial charge is 0.195 e. The van der Waals surface area contributed by atoms with E-state index in [1.807, 2.05) is 13.0 Å². The predicted octanol–water partition coefficient (Wildman–Crippen LogP) is 3.36. The van der Waals surface area contributed by atoms with Crippen molar-refractivity contribution in [2.45, 2.75) is 20.0 Å². The quantitative estimate of drug-likeness (QED) is 0.857. The Morgan fingerprint density at radius 1 is 1.16 bits per heavy atom. The molecule has 0 bridgehead atoms. The van der Waals surface area contributed by atoms with E-state index in [9.17, 15) is 14.3 Å². The van der Waals surface area contributed by atoms with Gasteiger partial charge in [0.2, 0.25) is 0 Å². The zero-order valence-corrected chi connectivity index (χ0v) is 10.9. The van der Waals surface area contributed by atoms with E-state index in [0.717, 1.165) is 11.6 Å². The van der Waals surface area contributed by atoms with Gasteiger partial charge in [0, 0.05) is 5.56 Å². The van der Waals surface area contributed by atoms with Crippen LogP contribution < -0.4 is 0 Å². The van der Waals surface area contributed by atoms with E-state index >= 15 is 0 Å². The topological polar surface area (TPSA) is 37.3 Å². The fourth-order valence-corrected chi connectivity index (χ4v) is 1.90. The highest BCUT2D eigenvalue weighted by molar-refractivity contribution is 5.99. The molecule has 2 nitrogen and oxygen atoms in total. The Hall–Kier alpha value is -2.00. The monoisotopic (exact) mass is 258 g/mol. The lowest BCUT2D eigenvalue weighted by Crippen LogP contribution is -2.12. The minimum Gasteiger partial charge on any atom is -0.380 e. The second kappa shape index (κ2) is 5.33. The number of hydrogen-bond acceptors (Lipinski definition) is 2. The number of ketones is 1. The van der Waals surface area contributed by atoms with Crippen LogP contribution in [0.25, 0.3) is 0 Å². The average molecular weight is 258 g/mol. The average Bonchev–Trinajstić information content (AvgIpc) is 2.40. The summed E-state index contributed by atoms with van der Waals surface area (Å²) in [6.07, 6.45) is -1.26. The summed E-state index contributed by atoms with van der Waals surface area (Å²) in [5.41, 5.74) is 2.13. The van der Waals surface area contributed by atoms with Gasteiger partial charge in [-0.25, -0.2) is 4.39 Å². The van der Waals surface area contributed by atoms with Gasteiger partial charge in [-0.15, -0.1) is 0 Å². The molecule has 3 heteroatoms. The van der Waals surface area contributed by atoms with E-state index in [1.54, 1.807) is 25.1 Å². The number of carbonyl (C=O) groups excluding carboxylic acids is 1. The van der Waals surface area contributed by atoms with Gasteiger partial charge in [0.05, 0.1) is 0 Å². The number of Topliss-reactive ketones (excluding diaryl/α,β-unsaturated/α-hetero) is 1. The normalized spacial score (nSPS) is 12.2. The number of carbonyl (C=O) groups is 1. The van der Waals surface area contributed by atoms with Crippen molar-refractivity contribution in [3.63, 3.8) is 0 Å². The molecule has 0 aromatic heterocycles. The van der Waals surface area contributed by atoms with Crippen molar-refractivity contribution >= 4 is 5.78 Å². The van der Waals surface area contributed by atoms with Gasteiger partial charge in [0.1, 0.15) is 11.9 Å². The Morgan fingerprint density at radius 2 is 1.89 bits per heavy atom. The second-order valence-corrected chi connectivity index (χ2v) is 4.64. The van der Waals surface area contributed by atoms with Crippen molar-refractivity contribution in [3.05, 3.63) is 70.5 Å². The molecular weight excluding hydrogens is 243 g/mol. The molecule has 1 unspecified atom stereocenters. The van der Waals surface area contributed by atoms with Crippen LogP contribution in [-0.4, -0.2) is 10.9 Å². The molecule has 1 atom stereocenters. The van der Waals surface area contributed by atoms with Crippen molar-refractivity contribution in [1.82, 2.24) is 0 Å². The molecule has 0 heterocycles. The van der Waals surface area contributed by atoms with E-state index in [0.29, 0.717) is 11.1 Å².